The molecule has 0 aromatic heterocycles. The molecule has 0 saturated carbocycles. The average molecular weight is 305 g/mol. The van der Waals surface area contributed by atoms with Crippen molar-refractivity contribution in [2.75, 3.05) is 32.1 Å². The number of hydrogen-bond acceptors (Lipinski definition) is 4. The number of likely N-dealkylation sites (tertiary alicyclic amines) is 1. The van der Waals surface area contributed by atoms with E-state index < -0.39 is 0 Å². The van der Waals surface area contributed by atoms with Gasteiger partial charge in [0, 0.05) is 6.04 Å². The molecule has 2 rings (SSSR count). The normalized spacial score (nSPS) is 19.0. The zero-order valence-electron chi connectivity index (χ0n) is 13.6. The van der Waals surface area contributed by atoms with Gasteiger partial charge < -0.3 is 15.8 Å². The Morgan fingerprint density at radius 2 is 2.27 bits per heavy atom. The average Bonchev–Trinajstić information content (AvgIpc) is 2.50. The lowest BCUT2D eigenvalue weighted by Gasteiger charge is -2.35. The summed E-state index contributed by atoms with van der Waals surface area (Å²) in [6.45, 7) is 4.07. The number of amides is 1. The van der Waals surface area contributed by atoms with Gasteiger partial charge in [-0.1, -0.05) is 12.5 Å². The summed E-state index contributed by atoms with van der Waals surface area (Å²) >= 11 is 0. The van der Waals surface area contributed by atoms with E-state index in [4.69, 9.17) is 10.5 Å². The van der Waals surface area contributed by atoms with Crippen molar-refractivity contribution in [1.29, 1.82) is 0 Å². The van der Waals surface area contributed by atoms with Gasteiger partial charge in [-0.2, -0.15) is 0 Å². The smallest absolute Gasteiger partial charge is 0.238 e. The summed E-state index contributed by atoms with van der Waals surface area (Å²) < 4.78 is 5.31. The summed E-state index contributed by atoms with van der Waals surface area (Å²) in [5.74, 6) is 0.698. The molecule has 1 unspecified atom stereocenters. The van der Waals surface area contributed by atoms with Gasteiger partial charge >= 0.3 is 0 Å². The SMILES string of the molecule is COc1ccc(C)cc1NC(=O)CN1CCCCC1CCN. The maximum atomic E-state index is 12.4. The highest BCUT2D eigenvalue weighted by Crippen LogP contribution is 2.25. The third-order valence-corrected chi connectivity index (χ3v) is 4.22. The molecule has 1 heterocycles. The molecule has 22 heavy (non-hydrogen) atoms. The van der Waals surface area contributed by atoms with Crippen molar-refractivity contribution < 1.29 is 9.53 Å². The molecular formula is C17H27N3O2. The number of aryl methyl sites for hydroxylation is 1. The Morgan fingerprint density at radius 1 is 1.45 bits per heavy atom. The number of methoxy groups -OCH3 is 1. The van der Waals surface area contributed by atoms with Crippen molar-refractivity contribution in [1.82, 2.24) is 4.90 Å². The highest BCUT2D eigenvalue weighted by atomic mass is 16.5. The number of nitrogens with one attached hydrogen (secondary N) is 1. The zero-order chi connectivity index (χ0) is 15.9. The summed E-state index contributed by atoms with van der Waals surface area (Å²) in [5, 5.41) is 2.98. The number of carbonyl (C=O) groups excluding carboxylic acids is 1. The number of nitrogens with zero attached hydrogens (tertiary/aromatic N) is 1. The van der Waals surface area contributed by atoms with Gasteiger partial charge in [0.2, 0.25) is 5.91 Å². The van der Waals surface area contributed by atoms with Crippen molar-refractivity contribution in [3.05, 3.63) is 23.8 Å². The largest absolute Gasteiger partial charge is 0.495 e. The van der Waals surface area contributed by atoms with Crippen LogP contribution in [0.5, 0.6) is 5.75 Å². The highest BCUT2D eigenvalue weighted by molar-refractivity contribution is 5.93. The van der Waals surface area contributed by atoms with Gasteiger partial charge in [-0.05, 0) is 57.0 Å². The molecule has 1 amide bonds. The second-order valence-electron chi connectivity index (χ2n) is 5.95. The fraction of sp³-hybridized carbons (Fsp3) is 0.588. The lowest BCUT2D eigenvalue weighted by atomic mass is 9.99. The molecule has 0 spiro atoms. The molecule has 0 radical (unpaired) electrons. The lowest BCUT2D eigenvalue weighted by Crippen LogP contribution is -2.44. The van der Waals surface area contributed by atoms with Crippen LogP contribution in [0.15, 0.2) is 18.2 Å². The molecule has 1 saturated heterocycles. The van der Waals surface area contributed by atoms with Crippen molar-refractivity contribution in [2.45, 2.75) is 38.6 Å². The summed E-state index contributed by atoms with van der Waals surface area (Å²) in [6, 6.07) is 6.22. The maximum Gasteiger partial charge on any atom is 0.238 e. The van der Waals surface area contributed by atoms with E-state index in [0.29, 0.717) is 24.9 Å². The first-order valence-electron chi connectivity index (χ1n) is 8.02. The minimum atomic E-state index is 0.00724. The molecule has 3 N–H and O–H groups in total. The van der Waals surface area contributed by atoms with Gasteiger partial charge in [0.15, 0.2) is 0 Å². The minimum absolute atomic E-state index is 0.00724. The van der Waals surface area contributed by atoms with E-state index in [1.54, 1.807) is 7.11 Å². The van der Waals surface area contributed by atoms with Gasteiger partial charge in [-0.25, -0.2) is 0 Å². The number of piperidine rings is 1. The highest BCUT2D eigenvalue weighted by Gasteiger charge is 2.23. The van der Waals surface area contributed by atoms with Crippen LogP contribution in [0, 0.1) is 6.92 Å². The van der Waals surface area contributed by atoms with Crippen molar-refractivity contribution in [3.63, 3.8) is 0 Å². The number of carbonyl (C=O) groups is 1. The summed E-state index contributed by atoms with van der Waals surface area (Å²) in [7, 11) is 1.61. The number of benzene rings is 1. The fourth-order valence-corrected chi connectivity index (χ4v) is 3.08. The van der Waals surface area contributed by atoms with Crippen LogP contribution in [-0.4, -0.2) is 43.6 Å². The van der Waals surface area contributed by atoms with E-state index in [2.05, 4.69) is 10.2 Å². The molecule has 5 heteroatoms. The molecule has 0 bridgehead atoms. The molecular weight excluding hydrogens is 278 g/mol. The second-order valence-corrected chi connectivity index (χ2v) is 5.95. The quantitative estimate of drug-likeness (QED) is 0.845. The topological polar surface area (TPSA) is 67.6 Å². The van der Waals surface area contributed by atoms with Gasteiger partial charge in [0.25, 0.3) is 0 Å². The van der Waals surface area contributed by atoms with Crippen LogP contribution in [0.3, 0.4) is 0 Å². The number of nitrogens with two attached hydrogens (primary N) is 1. The Kier molecular flexibility index (Phi) is 6.21. The predicted molar refractivity (Wildman–Crippen MR) is 89.2 cm³/mol. The zero-order valence-corrected chi connectivity index (χ0v) is 13.6. The lowest BCUT2D eigenvalue weighted by molar-refractivity contribution is -0.118. The van der Waals surface area contributed by atoms with E-state index in [0.717, 1.165) is 37.1 Å². The number of rotatable bonds is 6. The molecule has 0 aliphatic carbocycles. The molecule has 1 aliphatic heterocycles. The van der Waals surface area contributed by atoms with Crippen molar-refractivity contribution in [2.24, 2.45) is 5.73 Å². The monoisotopic (exact) mass is 305 g/mol. The number of anilines is 1. The van der Waals surface area contributed by atoms with Crippen molar-refractivity contribution in [3.8, 4) is 5.75 Å². The Hall–Kier alpha value is -1.59. The molecule has 122 valence electrons. The van der Waals surface area contributed by atoms with Crippen LogP contribution in [0.1, 0.15) is 31.2 Å². The van der Waals surface area contributed by atoms with E-state index in [1.165, 1.54) is 6.42 Å². The van der Waals surface area contributed by atoms with E-state index >= 15 is 0 Å². The van der Waals surface area contributed by atoms with Crippen LogP contribution >= 0.6 is 0 Å². The Morgan fingerprint density at radius 3 is 3.00 bits per heavy atom. The van der Waals surface area contributed by atoms with Crippen LogP contribution < -0.4 is 15.8 Å². The first-order chi connectivity index (χ1) is 10.6. The number of ether oxygens (including phenoxy) is 1. The first kappa shape index (κ1) is 16.8. The van der Waals surface area contributed by atoms with Crippen LogP contribution in [0.2, 0.25) is 0 Å². The first-order valence-corrected chi connectivity index (χ1v) is 8.02. The van der Waals surface area contributed by atoms with E-state index in [9.17, 15) is 4.79 Å². The third kappa shape index (κ3) is 4.45. The van der Waals surface area contributed by atoms with Gasteiger partial charge in [0.1, 0.15) is 5.75 Å². The predicted octanol–water partition coefficient (Wildman–Crippen LogP) is 2.15. The third-order valence-electron chi connectivity index (χ3n) is 4.22. The molecule has 1 atom stereocenters. The van der Waals surface area contributed by atoms with E-state index in [1.807, 2.05) is 25.1 Å². The van der Waals surface area contributed by atoms with Gasteiger partial charge in [-0.15, -0.1) is 0 Å². The van der Waals surface area contributed by atoms with Crippen molar-refractivity contribution >= 4 is 11.6 Å². The maximum absolute atomic E-state index is 12.4. The number of hydrogen-bond donors (Lipinski definition) is 2. The summed E-state index contributed by atoms with van der Waals surface area (Å²) in [5.41, 5.74) is 7.52. The van der Waals surface area contributed by atoms with Gasteiger partial charge in [0.05, 0.1) is 19.3 Å². The molecule has 1 fully saturated rings. The second kappa shape index (κ2) is 8.15. The molecule has 1 aromatic rings. The Bertz CT molecular complexity index is 503. The molecule has 1 aromatic carbocycles. The van der Waals surface area contributed by atoms with Crippen LogP contribution in [0.4, 0.5) is 5.69 Å². The Labute approximate surface area is 132 Å². The Balaban J connectivity index is 1.98. The van der Waals surface area contributed by atoms with Gasteiger partial charge in [-0.3, -0.25) is 9.69 Å². The van der Waals surface area contributed by atoms with Crippen LogP contribution in [0.25, 0.3) is 0 Å². The summed E-state index contributed by atoms with van der Waals surface area (Å²) in [6.07, 6.45) is 4.48. The van der Waals surface area contributed by atoms with Crippen LogP contribution in [-0.2, 0) is 4.79 Å². The minimum Gasteiger partial charge on any atom is -0.495 e. The summed E-state index contributed by atoms with van der Waals surface area (Å²) in [4.78, 5) is 14.6. The molecule has 1 aliphatic rings. The molecule has 5 nitrogen and oxygen atoms in total. The fourth-order valence-electron chi connectivity index (χ4n) is 3.08. The van der Waals surface area contributed by atoms with E-state index in [-0.39, 0.29) is 5.91 Å². The standard InChI is InChI=1S/C17H27N3O2/c1-13-6-7-16(22-2)15(11-13)19-17(21)12-20-10-4-3-5-14(20)8-9-18/h6-7,11,14H,3-5,8-10,12,18H2,1-2H3,(H,19,21).